The first-order chi connectivity index (χ1) is 11.5. The number of nitrogens with zero attached hydrogens (tertiary/aromatic N) is 1. The second-order valence-corrected chi connectivity index (χ2v) is 6.59. The Morgan fingerprint density at radius 1 is 1.08 bits per heavy atom. The maximum Gasteiger partial charge on any atom is 0.269 e. The summed E-state index contributed by atoms with van der Waals surface area (Å²) in [5.74, 6) is -0.520. The number of anilines is 1. The van der Waals surface area contributed by atoms with Crippen LogP contribution in [0.15, 0.2) is 53.4 Å². The molecule has 24 heavy (non-hydrogen) atoms. The van der Waals surface area contributed by atoms with Gasteiger partial charge in [0.15, 0.2) is 0 Å². The molecule has 2 amide bonds. The Morgan fingerprint density at radius 2 is 1.83 bits per heavy atom. The number of thioether (sulfide) groups is 1. The van der Waals surface area contributed by atoms with Crippen LogP contribution in [-0.2, 0) is 4.79 Å². The first-order valence-corrected chi connectivity index (χ1v) is 8.57. The summed E-state index contributed by atoms with van der Waals surface area (Å²) in [7, 11) is 3.79. The largest absolute Gasteiger partial charge is 0.378 e. The summed E-state index contributed by atoms with van der Waals surface area (Å²) in [5.41, 5.74) is 6.19. The molecule has 0 radical (unpaired) electrons. The maximum atomic E-state index is 12.1. The van der Waals surface area contributed by atoms with Crippen LogP contribution in [0.3, 0.4) is 0 Å². The molecule has 0 fully saturated rings. The molecule has 0 aliphatic heterocycles. The molecule has 0 aromatic heterocycles. The van der Waals surface area contributed by atoms with Gasteiger partial charge in [-0.25, -0.2) is 0 Å². The van der Waals surface area contributed by atoms with Gasteiger partial charge in [0.05, 0.1) is 10.8 Å². The van der Waals surface area contributed by atoms with E-state index in [-0.39, 0.29) is 17.6 Å². The third kappa shape index (κ3) is 5.18. The number of hydrogen-bond acceptors (Lipinski definition) is 4. The van der Waals surface area contributed by atoms with E-state index >= 15 is 0 Å². The van der Waals surface area contributed by atoms with Crippen molar-refractivity contribution in [2.75, 3.05) is 24.7 Å². The van der Waals surface area contributed by atoms with E-state index in [1.54, 1.807) is 24.3 Å². The molecule has 2 rings (SSSR count). The third-order valence-electron chi connectivity index (χ3n) is 3.14. The van der Waals surface area contributed by atoms with Crippen LogP contribution < -0.4 is 15.8 Å². The van der Waals surface area contributed by atoms with Crippen molar-refractivity contribution in [3.63, 3.8) is 0 Å². The zero-order valence-electron chi connectivity index (χ0n) is 13.4. The minimum Gasteiger partial charge on any atom is -0.378 e. The Hall–Kier alpha value is -2.18. The first-order valence-electron chi connectivity index (χ1n) is 7.21. The molecule has 2 N–H and O–H groups in total. The Balaban J connectivity index is 1.84. The van der Waals surface area contributed by atoms with Crippen LogP contribution in [0.5, 0.6) is 0 Å². The van der Waals surface area contributed by atoms with Crippen LogP contribution in [-0.4, -0.2) is 31.7 Å². The molecule has 2 aromatic rings. The monoisotopic (exact) mass is 363 g/mol. The van der Waals surface area contributed by atoms with E-state index in [4.69, 9.17) is 11.6 Å². The van der Waals surface area contributed by atoms with Crippen molar-refractivity contribution in [3.05, 3.63) is 59.1 Å². The molecular weight excluding hydrogens is 346 g/mol. The van der Waals surface area contributed by atoms with Gasteiger partial charge in [-0.2, -0.15) is 0 Å². The predicted molar refractivity (Wildman–Crippen MR) is 98.6 cm³/mol. The lowest BCUT2D eigenvalue weighted by Gasteiger charge is -2.13. The summed E-state index contributed by atoms with van der Waals surface area (Å²) >= 11 is 7.34. The van der Waals surface area contributed by atoms with Crippen molar-refractivity contribution >= 4 is 40.9 Å². The fraction of sp³-hybridized carbons (Fsp3) is 0.176. The van der Waals surface area contributed by atoms with E-state index in [1.807, 2.05) is 43.3 Å². The van der Waals surface area contributed by atoms with Crippen LogP contribution in [0.1, 0.15) is 10.4 Å². The number of amides is 2. The van der Waals surface area contributed by atoms with Crippen molar-refractivity contribution in [3.8, 4) is 0 Å². The number of halogens is 1. The number of hydrogen-bond donors (Lipinski definition) is 2. The molecule has 126 valence electrons. The molecule has 5 nitrogen and oxygen atoms in total. The number of nitrogens with one attached hydrogen (secondary N) is 2. The predicted octanol–water partition coefficient (Wildman–Crippen LogP) is 2.96. The molecule has 0 heterocycles. The van der Waals surface area contributed by atoms with Crippen molar-refractivity contribution < 1.29 is 9.59 Å². The van der Waals surface area contributed by atoms with Gasteiger partial charge in [-0.05, 0) is 30.3 Å². The fourth-order valence-corrected chi connectivity index (χ4v) is 2.90. The fourth-order valence-electron chi connectivity index (χ4n) is 1.87. The number of carbonyl (C=O) groups is 2. The third-order valence-corrected chi connectivity index (χ3v) is 4.65. The molecule has 0 bridgehead atoms. The van der Waals surface area contributed by atoms with Crippen LogP contribution in [0, 0.1) is 0 Å². The Morgan fingerprint density at radius 3 is 2.54 bits per heavy atom. The zero-order valence-corrected chi connectivity index (χ0v) is 14.9. The average molecular weight is 364 g/mol. The lowest BCUT2D eigenvalue weighted by molar-refractivity contribution is -0.119. The molecule has 0 saturated carbocycles. The van der Waals surface area contributed by atoms with Crippen LogP contribution >= 0.6 is 23.4 Å². The lowest BCUT2D eigenvalue weighted by atomic mass is 10.2. The Kier molecular flexibility index (Phi) is 6.52. The van der Waals surface area contributed by atoms with E-state index in [2.05, 4.69) is 10.9 Å². The van der Waals surface area contributed by atoms with Gasteiger partial charge in [0, 0.05) is 30.2 Å². The quantitative estimate of drug-likeness (QED) is 0.633. The molecule has 0 spiro atoms. The number of rotatable bonds is 5. The van der Waals surface area contributed by atoms with E-state index in [1.165, 1.54) is 11.8 Å². The van der Waals surface area contributed by atoms with Gasteiger partial charge in [0.1, 0.15) is 0 Å². The summed E-state index contributed by atoms with van der Waals surface area (Å²) in [6, 6.07) is 14.4. The van der Waals surface area contributed by atoms with Gasteiger partial charge < -0.3 is 4.90 Å². The van der Waals surface area contributed by atoms with E-state index < -0.39 is 0 Å². The standard InChI is InChI=1S/C17H18ClN3O2S/c1-21(2)13-7-5-6-12(10-13)17(23)20-19-16(22)11-24-15-9-4-3-8-14(15)18/h3-10H,11H2,1-2H3,(H,19,22)(H,20,23). The van der Waals surface area contributed by atoms with Gasteiger partial charge in [0.25, 0.3) is 5.91 Å². The Labute approximate surface area is 150 Å². The highest BCUT2D eigenvalue weighted by Crippen LogP contribution is 2.26. The van der Waals surface area contributed by atoms with Gasteiger partial charge in [-0.3, -0.25) is 20.4 Å². The molecule has 7 heteroatoms. The first kappa shape index (κ1) is 18.2. The van der Waals surface area contributed by atoms with Crippen molar-refractivity contribution in [2.45, 2.75) is 4.90 Å². The van der Waals surface area contributed by atoms with Gasteiger partial charge in [-0.1, -0.05) is 29.8 Å². The highest BCUT2D eigenvalue weighted by molar-refractivity contribution is 8.00. The molecule has 2 aromatic carbocycles. The van der Waals surface area contributed by atoms with Gasteiger partial charge >= 0.3 is 0 Å². The SMILES string of the molecule is CN(C)c1cccc(C(=O)NNC(=O)CSc2ccccc2Cl)c1. The topological polar surface area (TPSA) is 61.4 Å². The van der Waals surface area contributed by atoms with E-state index in [0.29, 0.717) is 10.6 Å². The van der Waals surface area contributed by atoms with E-state index in [0.717, 1.165) is 10.6 Å². The summed E-state index contributed by atoms with van der Waals surface area (Å²) in [5, 5.41) is 0.597. The van der Waals surface area contributed by atoms with Gasteiger partial charge in [-0.15, -0.1) is 11.8 Å². The number of carbonyl (C=O) groups excluding carboxylic acids is 2. The normalized spacial score (nSPS) is 10.1. The molecule has 0 atom stereocenters. The van der Waals surface area contributed by atoms with Gasteiger partial charge in [0.2, 0.25) is 5.91 Å². The highest BCUT2D eigenvalue weighted by Gasteiger charge is 2.09. The zero-order chi connectivity index (χ0) is 17.5. The van der Waals surface area contributed by atoms with E-state index in [9.17, 15) is 9.59 Å². The molecule has 0 unspecified atom stereocenters. The summed E-state index contributed by atoms with van der Waals surface area (Å²) < 4.78 is 0. The Bertz CT molecular complexity index is 737. The number of benzene rings is 2. The van der Waals surface area contributed by atoms with Crippen LogP contribution in [0.4, 0.5) is 5.69 Å². The van der Waals surface area contributed by atoms with Crippen molar-refractivity contribution in [2.24, 2.45) is 0 Å². The molecule has 0 aliphatic rings. The smallest absolute Gasteiger partial charge is 0.269 e. The van der Waals surface area contributed by atoms with Crippen LogP contribution in [0.2, 0.25) is 5.02 Å². The second kappa shape index (κ2) is 8.61. The molecular formula is C17H18ClN3O2S. The number of hydrazine groups is 1. The maximum absolute atomic E-state index is 12.1. The summed E-state index contributed by atoms with van der Waals surface area (Å²) in [6.45, 7) is 0. The summed E-state index contributed by atoms with van der Waals surface area (Å²) in [4.78, 5) is 26.6. The molecule has 0 saturated heterocycles. The van der Waals surface area contributed by atoms with Crippen molar-refractivity contribution in [1.29, 1.82) is 0 Å². The second-order valence-electron chi connectivity index (χ2n) is 5.17. The molecule has 0 aliphatic carbocycles. The lowest BCUT2D eigenvalue weighted by Crippen LogP contribution is -2.42. The average Bonchev–Trinajstić information content (AvgIpc) is 2.59. The highest BCUT2D eigenvalue weighted by atomic mass is 35.5. The van der Waals surface area contributed by atoms with Crippen molar-refractivity contribution in [1.82, 2.24) is 10.9 Å². The van der Waals surface area contributed by atoms with Crippen LogP contribution in [0.25, 0.3) is 0 Å². The summed E-state index contributed by atoms with van der Waals surface area (Å²) in [6.07, 6.45) is 0. The minimum absolute atomic E-state index is 0.155. The minimum atomic E-state index is -0.366.